The van der Waals surface area contributed by atoms with Crippen LogP contribution >= 0.6 is 12.2 Å². The number of rotatable bonds is 13. The number of hydrogen-bond donors (Lipinski definition) is 1. The number of nitrogens with zero attached hydrogens (tertiary/aromatic N) is 4. The summed E-state index contributed by atoms with van der Waals surface area (Å²) in [5, 5.41) is 0. The van der Waals surface area contributed by atoms with Crippen LogP contribution in [0.3, 0.4) is 0 Å². The topological polar surface area (TPSA) is 143 Å². The molecule has 2 saturated heterocycles. The minimum Gasteiger partial charge on any atom is -0.399 e. The highest BCUT2D eigenvalue weighted by atomic mass is 32.1. The number of carbonyl (C=O) groups excluding carboxylic acids is 5. The average Bonchev–Trinajstić information content (AvgIpc) is 4.04. The molecule has 60 heavy (non-hydrogen) atoms. The largest absolute Gasteiger partial charge is 0.399 e. The third kappa shape index (κ3) is 6.33. The lowest BCUT2D eigenvalue weighted by atomic mass is 9.78. The molecule has 3 heterocycles. The number of esters is 2. The fourth-order valence-electron chi connectivity index (χ4n) is 10.0. The molecule has 3 amide bonds. The van der Waals surface area contributed by atoms with Gasteiger partial charge < -0.3 is 20.3 Å². The van der Waals surface area contributed by atoms with E-state index in [9.17, 15) is 9.59 Å². The van der Waals surface area contributed by atoms with Crippen LogP contribution in [0.2, 0.25) is 0 Å². The number of fused-ring (bicyclic) bond motifs is 1. The van der Waals surface area contributed by atoms with Gasteiger partial charge in [-0.15, -0.1) is 0 Å². The van der Waals surface area contributed by atoms with E-state index in [2.05, 4.69) is 4.98 Å². The zero-order valence-electron chi connectivity index (χ0n) is 34.8. The minimum atomic E-state index is -1.31. The Morgan fingerprint density at radius 3 is 2.22 bits per heavy atom. The number of thiocarbonyl (C=S) groups is 1. The van der Waals surface area contributed by atoms with Crippen molar-refractivity contribution in [3.05, 3.63) is 131 Å². The van der Waals surface area contributed by atoms with Crippen LogP contribution < -0.4 is 5.73 Å². The van der Waals surface area contributed by atoms with Gasteiger partial charge in [0.15, 0.2) is 0 Å². The lowest BCUT2D eigenvalue weighted by molar-refractivity contribution is -0.201. The van der Waals surface area contributed by atoms with Crippen LogP contribution in [0.5, 0.6) is 0 Å². The van der Waals surface area contributed by atoms with Gasteiger partial charge in [-0.1, -0.05) is 86.2 Å². The van der Waals surface area contributed by atoms with Crippen molar-refractivity contribution in [2.45, 2.75) is 97.1 Å². The first-order valence-corrected chi connectivity index (χ1v) is 21.1. The van der Waals surface area contributed by atoms with Gasteiger partial charge in [0.2, 0.25) is 11.8 Å². The SMILES string of the molecule is Cc1cccc(C(=O)N2C(CCCC(=S)c3ccccc3)C(=O)N([C@]34[C@@H]5C(c6ccncc6)[C@]53C(=O)N4C(CC(C)C)C(=O)OC(=O)C(C)(C)C)[C@@H]2c2cccc(N)c2)c1. The lowest BCUT2D eigenvalue weighted by Crippen LogP contribution is -2.75. The van der Waals surface area contributed by atoms with E-state index in [0.29, 0.717) is 29.7 Å². The van der Waals surface area contributed by atoms with Gasteiger partial charge in [0, 0.05) is 40.3 Å². The third-order valence-corrected chi connectivity index (χ3v) is 13.1. The van der Waals surface area contributed by atoms with E-state index in [1.807, 2.05) is 81.4 Å². The van der Waals surface area contributed by atoms with E-state index in [1.165, 1.54) is 4.90 Å². The molecule has 2 aliphatic carbocycles. The summed E-state index contributed by atoms with van der Waals surface area (Å²) in [5.41, 5.74) is 7.23. The van der Waals surface area contributed by atoms with Gasteiger partial charge in [0.25, 0.3) is 5.91 Å². The van der Waals surface area contributed by atoms with Crippen LogP contribution in [0.15, 0.2) is 103 Å². The number of anilines is 1. The predicted octanol–water partition coefficient (Wildman–Crippen LogP) is 7.40. The smallest absolute Gasteiger partial charge is 0.336 e. The van der Waals surface area contributed by atoms with Gasteiger partial charge in [0.05, 0.1) is 5.41 Å². The number of β-lactam (4-membered cyclic amide) rings is 1. The van der Waals surface area contributed by atoms with Gasteiger partial charge >= 0.3 is 11.9 Å². The number of amides is 3. The van der Waals surface area contributed by atoms with Gasteiger partial charge in [-0.3, -0.25) is 29.1 Å². The van der Waals surface area contributed by atoms with Gasteiger partial charge in [-0.05, 0) is 112 Å². The first-order valence-electron chi connectivity index (χ1n) is 20.7. The highest BCUT2D eigenvalue weighted by molar-refractivity contribution is 7.80. The summed E-state index contributed by atoms with van der Waals surface area (Å²) in [5.74, 6) is -3.30. The van der Waals surface area contributed by atoms with Gasteiger partial charge in [0.1, 0.15) is 29.3 Å². The Morgan fingerprint density at radius 1 is 0.900 bits per heavy atom. The molecule has 3 unspecified atom stereocenters. The molecule has 1 spiro atoms. The van der Waals surface area contributed by atoms with Crippen molar-refractivity contribution in [1.29, 1.82) is 0 Å². The van der Waals surface area contributed by atoms with Crippen LogP contribution in [0.4, 0.5) is 5.69 Å². The van der Waals surface area contributed by atoms with Crippen molar-refractivity contribution in [3.8, 4) is 0 Å². The quantitative estimate of drug-likeness (QED) is 0.0365. The van der Waals surface area contributed by atoms with Crippen molar-refractivity contribution in [3.63, 3.8) is 0 Å². The number of aromatic nitrogens is 1. The summed E-state index contributed by atoms with van der Waals surface area (Å²) in [6.07, 6.45) is 3.83. The molecule has 3 aromatic carbocycles. The summed E-state index contributed by atoms with van der Waals surface area (Å²) >= 11 is 5.84. The van der Waals surface area contributed by atoms with Crippen LogP contribution in [0.1, 0.15) is 105 Å². The van der Waals surface area contributed by atoms with Crippen molar-refractivity contribution in [1.82, 2.24) is 19.7 Å². The van der Waals surface area contributed by atoms with Gasteiger partial charge in [-0.2, -0.15) is 0 Å². The van der Waals surface area contributed by atoms with Crippen LogP contribution in [0.25, 0.3) is 0 Å². The monoisotopic (exact) mass is 825 g/mol. The predicted molar refractivity (Wildman–Crippen MR) is 230 cm³/mol. The van der Waals surface area contributed by atoms with Crippen molar-refractivity contribution in [2.75, 3.05) is 5.73 Å². The number of likely N-dealkylation sites (tertiary alicyclic amines) is 1. The molecule has 12 heteroatoms. The highest BCUT2D eigenvalue weighted by Gasteiger charge is 3.11. The molecule has 4 aliphatic rings. The van der Waals surface area contributed by atoms with E-state index in [0.717, 1.165) is 21.6 Å². The fourth-order valence-corrected chi connectivity index (χ4v) is 10.3. The van der Waals surface area contributed by atoms with Crippen LogP contribution in [-0.2, 0) is 23.9 Å². The maximum Gasteiger partial charge on any atom is 0.336 e. The van der Waals surface area contributed by atoms with Crippen molar-refractivity contribution in [2.24, 2.45) is 22.7 Å². The molecule has 0 radical (unpaired) electrons. The Hall–Kier alpha value is -5.75. The van der Waals surface area contributed by atoms with E-state index >= 15 is 14.4 Å². The molecule has 11 nitrogen and oxygen atoms in total. The minimum absolute atomic E-state index is 0.0978. The standard InChI is InChI=1S/C48H51N5O6S/c1-28(2)25-36(43(56)59-45(58)46(4,5)6)52-44(57)47-38(31-21-23-50-24-22-31)39(47)48(47,52)53-40(32-16-11-18-34(49)27-32)51(41(54)33-17-10-13-29(3)26-33)35(42(53)55)19-12-20-37(60)30-14-8-7-9-15-30/h7-11,13-18,21-24,26-28,35-36,38-40H,12,19-20,25,49H2,1-6H3/t35?,36?,38?,39-,40-,47-,48-/m1/s1. The number of benzene rings is 3. The third-order valence-electron chi connectivity index (χ3n) is 12.7. The fraction of sp³-hybridized carbons (Fsp3) is 0.396. The number of carbonyl (C=O) groups is 5. The molecule has 8 rings (SSSR count). The van der Waals surface area contributed by atoms with Crippen molar-refractivity contribution >= 4 is 52.4 Å². The van der Waals surface area contributed by atoms with Crippen LogP contribution in [0, 0.1) is 29.6 Å². The summed E-state index contributed by atoms with van der Waals surface area (Å²) in [6, 6.07) is 25.7. The first-order chi connectivity index (χ1) is 28.6. The van der Waals surface area contributed by atoms with E-state index in [1.54, 1.807) is 73.3 Å². The van der Waals surface area contributed by atoms with Gasteiger partial charge in [-0.25, -0.2) is 4.79 Å². The molecule has 2 N–H and O–H groups in total. The molecular weight excluding hydrogens is 775 g/mol. The van der Waals surface area contributed by atoms with Crippen molar-refractivity contribution < 1.29 is 28.7 Å². The average molecular weight is 826 g/mol. The Balaban J connectivity index is 1.27. The Bertz CT molecular complexity index is 2400. The second-order valence-electron chi connectivity index (χ2n) is 18.1. The number of piperidine rings is 1. The molecule has 0 bridgehead atoms. The first kappa shape index (κ1) is 41.0. The molecule has 4 aromatic rings. The molecule has 1 aromatic heterocycles. The Morgan fingerprint density at radius 2 is 1.58 bits per heavy atom. The summed E-state index contributed by atoms with van der Waals surface area (Å²) in [7, 11) is 0. The molecule has 310 valence electrons. The summed E-state index contributed by atoms with van der Waals surface area (Å²) in [6.45, 7) is 10.7. The van der Waals surface area contributed by atoms with E-state index < -0.39 is 52.6 Å². The molecule has 2 aliphatic heterocycles. The number of ether oxygens (including phenoxy) is 1. The number of hydrogen-bond acceptors (Lipinski definition) is 9. The van der Waals surface area contributed by atoms with Crippen LogP contribution in [-0.4, -0.2) is 72.0 Å². The molecular formula is C48H51N5O6S. The zero-order valence-corrected chi connectivity index (χ0v) is 35.6. The zero-order chi connectivity index (χ0) is 42.9. The lowest BCUT2D eigenvalue weighted by Gasteiger charge is -2.57. The molecule has 2 saturated carbocycles. The molecule has 7 atom stereocenters. The highest BCUT2D eigenvalue weighted by Crippen LogP contribution is 2.98. The number of aryl methyl sites for hydroxylation is 1. The maximum atomic E-state index is 15.7. The van der Waals surface area contributed by atoms with E-state index in [4.69, 9.17) is 22.7 Å². The summed E-state index contributed by atoms with van der Waals surface area (Å²) in [4.78, 5) is 83.3. The number of pyridine rings is 1. The second-order valence-corrected chi connectivity index (χ2v) is 18.6. The number of nitrogen functional groups attached to an aromatic ring is 1. The number of nitrogens with two attached hydrogens (primary N) is 1. The Labute approximate surface area is 356 Å². The normalized spacial score (nSPS) is 25.6. The maximum absolute atomic E-state index is 15.7. The Kier molecular flexibility index (Phi) is 10.3. The second kappa shape index (κ2) is 15.1. The molecule has 4 fully saturated rings. The summed E-state index contributed by atoms with van der Waals surface area (Å²) < 4.78 is 5.56. The van der Waals surface area contributed by atoms with E-state index in [-0.39, 0.29) is 42.4 Å².